The molecule has 2 aromatic rings. The van der Waals surface area contributed by atoms with Gasteiger partial charge in [0, 0.05) is 5.69 Å². The Morgan fingerprint density at radius 1 is 1.14 bits per heavy atom. The topological polar surface area (TPSA) is 59.6 Å². The number of nitrogens with one attached hydrogen (secondary N) is 2. The number of hydrogen-bond acceptors (Lipinski definition) is 5. The maximum Gasteiger partial charge on any atom is 0.260 e. The Labute approximate surface area is 189 Å². The van der Waals surface area contributed by atoms with Gasteiger partial charge in [-0.3, -0.25) is 4.79 Å². The quantitative estimate of drug-likeness (QED) is 0.365. The van der Waals surface area contributed by atoms with Crippen molar-refractivity contribution in [3.8, 4) is 11.5 Å². The molecule has 2 N–H and O–H groups in total. The second-order valence-corrected chi connectivity index (χ2v) is 8.68. The van der Waals surface area contributed by atoms with Crippen LogP contribution in [-0.2, 0) is 11.2 Å². The number of carbonyl (C=O) groups excluding carboxylic acids is 1. The van der Waals surface area contributed by atoms with E-state index in [2.05, 4.69) is 52.3 Å². The van der Waals surface area contributed by atoms with Gasteiger partial charge in [-0.25, -0.2) is 0 Å². The Kier molecular flexibility index (Phi) is 7.71. The van der Waals surface area contributed by atoms with Crippen molar-refractivity contribution in [1.29, 1.82) is 0 Å². The normalized spacial score (nSPS) is 17.3. The third-order valence-corrected chi connectivity index (χ3v) is 6.14. The van der Waals surface area contributed by atoms with Crippen LogP contribution in [0.5, 0.6) is 11.5 Å². The lowest BCUT2D eigenvalue weighted by Crippen LogP contribution is -2.30. The Bertz CT molecular complexity index is 900. The molecule has 2 aromatic carbocycles. The van der Waals surface area contributed by atoms with Crippen LogP contribution in [0.3, 0.4) is 0 Å². The number of hydrogen-bond donors (Lipinski definition) is 2. The van der Waals surface area contributed by atoms with Gasteiger partial charge >= 0.3 is 0 Å². The van der Waals surface area contributed by atoms with Crippen molar-refractivity contribution < 1.29 is 14.3 Å². The molecule has 1 saturated heterocycles. The summed E-state index contributed by atoms with van der Waals surface area (Å²) in [6, 6.07) is 12.2. The van der Waals surface area contributed by atoms with Crippen LogP contribution in [0.2, 0.25) is 0 Å². The van der Waals surface area contributed by atoms with E-state index in [4.69, 9.17) is 9.47 Å². The van der Waals surface area contributed by atoms with Gasteiger partial charge in [0.1, 0.15) is 0 Å². The summed E-state index contributed by atoms with van der Waals surface area (Å²) in [4.78, 5) is 13.1. The number of rotatable bonds is 8. The molecule has 1 heterocycles. The second kappa shape index (κ2) is 10.2. The third kappa shape index (κ3) is 5.60. The van der Waals surface area contributed by atoms with Crippen molar-refractivity contribution in [1.82, 2.24) is 5.32 Å². The molecule has 0 aromatic heterocycles. The van der Waals surface area contributed by atoms with E-state index >= 15 is 0 Å². The largest absolute Gasteiger partial charge is 0.490 e. The summed E-state index contributed by atoms with van der Waals surface area (Å²) in [5.74, 6) is 1.36. The molecule has 0 unspecified atom stereocenters. The minimum absolute atomic E-state index is 0.0838. The van der Waals surface area contributed by atoms with Gasteiger partial charge in [-0.2, -0.15) is 0 Å². The molecule has 5 nitrogen and oxygen atoms in total. The van der Waals surface area contributed by atoms with Crippen molar-refractivity contribution in [2.45, 2.75) is 32.7 Å². The fourth-order valence-electron chi connectivity index (χ4n) is 2.92. The van der Waals surface area contributed by atoms with Crippen molar-refractivity contribution in [3.05, 3.63) is 56.0 Å². The summed E-state index contributed by atoms with van der Waals surface area (Å²) in [7, 11) is 0. The van der Waals surface area contributed by atoms with E-state index in [0.29, 0.717) is 23.9 Å². The van der Waals surface area contributed by atoms with Crippen LogP contribution < -0.4 is 20.1 Å². The number of benzene rings is 2. The van der Waals surface area contributed by atoms with Gasteiger partial charge in [-0.1, -0.05) is 30.8 Å². The maximum atomic E-state index is 12.4. The zero-order chi connectivity index (χ0) is 20.8. The highest BCUT2D eigenvalue weighted by atomic mass is 127. The van der Waals surface area contributed by atoms with Crippen molar-refractivity contribution >= 4 is 52.0 Å². The molecule has 29 heavy (non-hydrogen) atoms. The van der Waals surface area contributed by atoms with Crippen LogP contribution in [-0.4, -0.2) is 24.6 Å². The maximum absolute atomic E-state index is 12.4. The highest BCUT2D eigenvalue weighted by molar-refractivity contribution is 14.1. The number of halogens is 1. The Hall–Kier alpha value is -1.87. The average molecular weight is 524 g/mol. The minimum atomic E-state index is -0.200. The fraction of sp³-hybridized carbons (Fsp3) is 0.318. The summed E-state index contributed by atoms with van der Waals surface area (Å²) in [5.41, 5.74) is 2.98. The predicted molar refractivity (Wildman–Crippen MR) is 128 cm³/mol. The SMILES string of the molecule is CCOc1cc(/C=C2\S[C@H](Nc3ccc(CC)cc3)NC2=O)cc(I)c1OCC. The molecular weight excluding hydrogens is 499 g/mol. The molecule has 1 aliphatic heterocycles. The molecule has 7 heteroatoms. The van der Waals surface area contributed by atoms with Crippen LogP contribution in [0, 0.1) is 3.57 Å². The monoisotopic (exact) mass is 524 g/mol. The molecule has 154 valence electrons. The first kappa shape index (κ1) is 21.8. The van der Waals surface area contributed by atoms with Crippen LogP contribution >= 0.6 is 34.4 Å². The Morgan fingerprint density at radius 3 is 2.52 bits per heavy atom. The summed E-state index contributed by atoms with van der Waals surface area (Å²) in [5, 5.41) is 6.33. The summed E-state index contributed by atoms with van der Waals surface area (Å²) in [6.07, 6.45) is 2.90. The van der Waals surface area contributed by atoms with Gasteiger partial charge in [0.2, 0.25) is 0 Å². The first-order chi connectivity index (χ1) is 14.0. The van der Waals surface area contributed by atoms with E-state index in [-0.39, 0.29) is 11.4 Å². The minimum Gasteiger partial charge on any atom is -0.490 e. The number of thioether (sulfide) groups is 1. The van der Waals surface area contributed by atoms with Crippen LogP contribution in [0.1, 0.15) is 31.9 Å². The molecule has 1 aliphatic rings. The molecule has 0 radical (unpaired) electrons. The first-order valence-electron chi connectivity index (χ1n) is 9.67. The lowest BCUT2D eigenvalue weighted by molar-refractivity contribution is -0.116. The summed E-state index contributed by atoms with van der Waals surface area (Å²) < 4.78 is 12.4. The van der Waals surface area contributed by atoms with Crippen molar-refractivity contribution in [3.63, 3.8) is 0 Å². The summed E-state index contributed by atoms with van der Waals surface area (Å²) >= 11 is 3.71. The second-order valence-electron chi connectivity index (χ2n) is 6.37. The zero-order valence-corrected chi connectivity index (χ0v) is 19.7. The number of amides is 1. The molecule has 0 spiro atoms. The van der Waals surface area contributed by atoms with Gasteiger partial charge in [0.05, 0.1) is 21.7 Å². The van der Waals surface area contributed by atoms with Crippen LogP contribution in [0.4, 0.5) is 5.69 Å². The van der Waals surface area contributed by atoms with E-state index in [1.165, 1.54) is 17.3 Å². The van der Waals surface area contributed by atoms with Gasteiger partial charge in [0.15, 0.2) is 17.0 Å². The lowest BCUT2D eigenvalue weighted by atomic mass is 10.1. The van der Waals surface area contributed by atoms with E-state index < -0.39 is 0 Å². The Balaban J connectivity index is 1.76. The third-order valence-electron chi connectivity index (χ3n) is 4.31. The standard InChI is InChI=1S/C22H25IN2O3S/c1-4-14-7-9-16(10-8-14)24-22-25-21(26)19(29-22)13-15-11-17(23)20(28-6-3)18(12-15)27-5-2/h7-13,22,24H,4-6H2,1-3H3,(H,25,26)/b19-13-/t22-/m1/s1. The first-order valence-corrected chi connectivity index (χ1v) is 11.6. The molecule has 1 fully saturated rings. The molecule has 0 bridgehead atoms. The number of aryl methyl sites for hydroxylation is 1. The number of carbonyl (C=O) groups is 1. The smallest absolute Gasteiger partial charge is 0.260 e. The molecule has 1 atom stereocenters. The zero-order valence-electron chi connectivity index (χ0n) is 16.8. The highest BCUT2D eigenvalue weighted by Crippen LogP contribution is 2.36. The van der Waals surface area contributed by atoms with E-state index in [1.807, 2.05) is 44.2 Å². The molecule has 3 rings (SSSR count). The van der Waals surface area contributed by atoms with Crippen molar-refractivity contribution in [2.75, 3.05) is 18.5 Å². The molecule has 0 saturated carbocycles. The number of ether oxygens (including phenoxy) is 2. The van der Waals surface area contributed by atoms with Crippen LogP contribution in [0.25, 0.3) is 6.08 Å². The fourth-order valence-corrected chi connectivity index (χ4v) is 4.69. The van der Waals surface area contributed by atoms with Gasteiger partial charge in [-0.15, -0.1) is 0 Å². The molecular formula is C22H25IN2O3S. The van der Waals surface area contributed by atoms with Gasteiger partial charge in [0.25, 0.3) is 5.91 Å². The average Bonchev–Trinajstić information content (AvgIpc) is 3.04. The van der Waals surface area contributed by atoms with E-state index in [0.717, 1.165) is 27.0 Å². The number of anilines is 1. The molecule has 1 amide bonds. The van der Waals surface area contributed by atoms with E-state index in [1.54, 1.807) is 0 Å². The van der Waals surface area contributed by atoms with E-state index in [9.17, 15) is 4.79 Å². The van der Waals surface area contributed by atoms with Gasteiger partial charge in [-0.05, 0) is 84.3 Å². The predicted octanol–water partition coefficient (Wildman–Crippen LogP) is 5.25. The van der Waals surface area contributed by atoms with Gasteiger partial charge < -0.3 is 20.1 Å². The Morgan fingerprint density at radius 2 is 1.86 bits per heavy atom. The van der Waals surface area contributed by atoms with Crippen LogP contribution in [0.15, 0.2) is 41.3 Å². The van der Waals surface area contributed by atoms with Crippen molar-refractivity contribution in [2.24, 2.45) is 0 Å². The molecule has 0 aliphatic carbocycles. The highest BCUT2D eigenvalue weighted by Gasteiger charge is 2.27. The lowest BCUT2D eigenvalue weighted by Gasteiger charge is -2.14. The summed E-state index contributed by atoms with van der Waals surface area (Å²) in [6.45, 7) is 7.14.